The van der Waals surface area contributed by atoms with Crippen molar-refractivity contribution in [2.24, 2.45) is 12.0 Å². The van der Waals surface area contributed by atoms with E-state index in [1.165, 1.54) is 12.8 Å². The van der Waals surface area contributed by atoms with E-state index in [9.17, 15) is 0 Å². The molecule has 0 atom stereocenters. The number of rotatable bonds is 7. The van der Waals surface area contributed by atoms with Crippen molar-refractivity contribution in [1.29, 1.82) is 0 Å². The van der Waals surface area contributed by atoms with Gasteiger partial charge in [-0.3, -0.25) is 14.6 Å². The normalized spacial score (nSPS) is 15.0. The summed E-state index contributed by atoms with van der Waals surface area (Å²) in [6.07, 6.45) is 4.53. The van der Waals surface area contributed by atoms with Crippen molar-refractivity contribution in [2.45, 2.75) is 32.4 Å². The lowest BCUT2D eigenvalue weighted by Gasteiger charge is -2.20. The third-order valence-electron chi connectivity index (χ3n) is 3.74. The van der Waals surface area contributed by atoms with Crippen LogP contribution in [0.2, 0.25) is 0 Å². The third kappa shape index (κ3) is 5.82. The van der Waals surface area contributed by atoms with E-state index < -0.39 is 0 Å². The Morgan fingerprint density at radius 3 is 2.76 bits per heavy atom. The summed E-state index contributed by atoms with van der Waals surface area (Å²) < 4.78 is 1.87. The minimum atomic E-state index is 0. The molecule has 0 bridgehead atoms. The fraction of sp³-hybridized carbons (Fsp3) is 0.714. The van der Waals surface area contributed by atoms with Crippen molar-refractivity contribution in [3.8, 4) is 0 Å². The maximum atomic E-state index is 4.25. The molecule has 1 aliphatic carbocycles. The summed E-state index contributed by atoms with van der Waals surface area (Å²) in [5, 5.41) is 10.8. The lowest BCUT2D eigenvalue weighted by atomic mass is 10.4. The predicted molar refractivity (Wildman–Crippen MR) is 97.1 cm³/mol. The molecule has 1 aromatic heterocycles. The minimum Gasteiger partial charge on any atom is -0.355 e. The molecule has 7 heteroatoms. The molecular formula is C14H27IN6. The first-order valence-corrected chi connectivity index (χ1v) is 7.40. The molecule has 0 unspecified atom stereocenters. The first-order valence-electron chi connectivity index (χ1n) is 7.40. The van der Waals surface area contributed by atoms with Crippen molar-refractivity contribution in [2.75, 3.05) is 26.7 Å². The van der Waals surface area contributed by atoms with Gasteiger partial charge < -0.3 is 10.6 Å². The molecule has 0 radical (unpaired) electrons. The van der Waals surface area contributed by atoms with Gasteiger partial charge in [-0.1, -0.05) is 6.92 Å². The second-order valence-electron chi connectivity index (χ2n) is 5.16. The SMILES string of the molecule is CCN(CCNC(=NC)NCc1ccnn1C)C1CC1.I. The topological polar surface area (TPSA) is 57.5 Å². The van der Waals surface area contributed by atoms with Gasteiger partial charge in [0.15, 0.2) is 5.96 Å². The molecule has 1 heterocycles. The van der Waals surface area contributed by atoms with Crippen molar-refractivity contribution in [3.63, 3.8) is 0 Å². The van der Waals surface area contributed by atoms with Gasteiger partial charge in [-0.2, -0.15) is 5.10 Å². The van der Waals surface area contributed by atoms with E-state index in [1.807, 2.05) is 24.0 Å². The summed E-state index contributed by atoms with van der Waals surface area (Å²) in [6.45, 7) is 6.10. The molecule has 0 aliphatic heterocycles. The van der Waals surface area contributed by atoms with Crippen LogP contribution in [0.1, 0.15) is 25.5 Å². The van der Waals surface area contributed by atoms with Gasteiger partial charge in [0.25, 0.3) is 0 Å². The standard InChI is InChI=1S/C14H26N6.HI/c1-4-20(12-5-6-12)10-9-16-14(15-2)17-11-13-7-8-18-19(13)3;/h7-8,12H,4-6,9-11H2,1-3H3,(H2,15,16,17);1H. The number of likely N-dealkylation sites (N-methyl/N-ethyl adjacent to an activating group) is 1. The molecule has 0 saturated heterocycles. The number of hydrogen-bond donors (Lipinski definition) is 2. The van der Waals surface area contributed by atoms with Crippen LogP contribution in [0.3, 0.4) is 0 Å². The Labute approximate surface area is 144 Å². The number of guanidine groups is 1. The fourth-order valence-corrected chi connectivity index (χ4v) is 2.33. The number of nitrogens with zero attached hydrogens (tertiary/aromatic N) is 4. The number of aliphatic imine (C=N–C) groups is 1. The van der Waals surface area contributed by atoms with Crippen LogP contribution in [0, 0.1) is 0 Å². The maximum absolute atomic E-state index is 4.25. The number of aryl methyl sites for hydroxylation is 1. The van der Waals surface area contributed by atoms with E-state index in [-0.39, 0.29) is 24.0 Å². The minimum absolute atomic E-state index is 0. The zero-order valence-corrected chi connectivity index (χ0v) is 15.5. The molecule has 1 aliphatic rings. The monoisotopic (exact) mass is 406 g/mol. The molecule has 0 spiro atoms. The van der Waals surface area contributed by atoms with Crippen LogP contribution in [-0.2, 0) is 13.6 Å². The molecule has 1 saturated carbocycles. The first-order chi connectivity index (χ1) is 9.74. The van der Waals surface area contributed by atoms with Crippen LogP contribution in [0.25, 0.3) is 0 Å². The van der Waals surface area contributed by atoms with Gasteiger partial charge in [0.2, 0.25) is 0 Å². The smallest absolute Gasteiger partial charge is 0.191 e. The summed E-state index contributed by atoms with van der Waals surface area (Å²) in [5.74, 6) is 0.845. The highest BCUT2D eigenvalue weighted by Gasteiger charge is 2.27. The van der Waals surface area contributed by atoms with Gasteiger partial charge in [0.05, 0.1) is 12.2 Å². The highest BCUT2D eigenvalue weighted by atomic mass is 127. The Kier molecular flexibility index (Phi) is 8.02. The number of hydrogen-bond acceptors (Lipinski definition) is 3. The lowest BCUT2D eigenvalue weighted by Crippen LogP contribution is -2.42. The number of aromatic nitrogens is 2. The summed E-state index contributed by atoms with van der Waals surface area (Å²) in [5.41, 5.74) is 1.14. The van der Waals surface area contributed by atoms with Gasteiger partial charge in [-0.05, 0) is 25.5 Å². The molecular weight excluding hydrogens is 379 g/mol. The number of nitrogens with one attached hydrogen (secondary N) is 2. The zero-order chi connectivity index (χ0) is 14.4. The molecule has 6 nitrogen and oxygen atoms in total. The van der Waals surface area contributed by atoms with E-state index in [0.717, 1.165) is 43.9 Å². The van der Waals surface area contributed by atoms with Crippen LogP contribution in [0.5, 0.6) is 0 Å². The van der Waals surface area contributed by atoms with E-state index in [1.54, 1.807) is 7.05 Å². The van der Waals surface area contributed by atoms with Crippen molar-refractivity contribution >= 4 is 29.9 Å². The lowest BCUT2D eigenvalue weighted by molar-refractivity contribution is 0.282. The van der Waals surface area contributed by atoms with Crippen molar-refractivity contribution in [3.05, 3.63) is 18.0 Å². The van der Waals surface area contributed by atoms with Gasteiger partial charge in [0.1, 0.15) is 0 Å². The predicted octanol–water partition coefficient (Wildman–Crippen LogP) is 1.19. The largest absolute Gasteiger partial charge is 0.355 e. The van der Waals surface area contributed by atoms with E-state index in [0.29, 0.717) is 0 Å². The molecule has 2 rings (SSSR count). The van der Waals surface area contributed by atoms with E-state index in [2.05, 4.69) is 32.5 Å². The second kappa shape index (κ2) is 9.24. The average molecular weight is 406 g/mol. The highest BCUT2D eigenvalue weighted by Crippen LogP contribution is 2.25. The summed E-state index contributed by atoms with van der Waals surface area (Å²) in [7, 11) is 3.75. The Balaban J connectivity index is 0.00000220. The van der Waals surface area contributed by atoms with E-state index >= 15 is 0 Å². The van der Waals surface area contributed by atoms with Crippen LogP contribution < -0.4 is 10.6 Å². The Hall–Kier alpha value is -0.830. The summed E-state index contributed by atoms with van der Waals surface area (Å²) in [4.78, 5) is 6.78. The fourth-order valence-electron chi connectivity index (χ4n) is 2.33. The summed E-state index contributed by atoms with van der Waals surface area (Å²) in [6, 6.07) is 2.83. The van der Waals surface area contributed by atoms with Gasteiger partial charge in [0, 0.05) is 39.4 Å². The third-order valence-corrected chi connectivity index (χ3v) is 3.74. The maximum Gasteiger partial charge on any atom is 0.191 e. The Morgan fingerprint density at radius 2 is 2.24 bits per heavy atom. The van der Waals surface area contributed by atoms with Crippen molar-refractivity contribution in [1.82, 2.24) is 25.3 Å². The molecule has 21 heavy (non-hydrogen) atoms. The van der Waals surface area contributed by atoms with Crippen molar-refractivity contribution < 1.29 is 0 Å². The highest BCUT2D eigenvalue weighted by molar-refractivity contribution is 14.0. The molecule has 120 valence electrons. The molecule has 0 amide bonds. The molecule has 1 fully saturated rings. The second-order valence-corrected chi connectivity index (χ2v) is 5.16. The zero-order valence-electron chi connectivity index (χ0n) is 13.2. The van der Waals surface area contributed by atoms with E-state index in [4.69, 9.17) is 0 Å². The Morgan fingerprint density at radius 1 is 1.48 bits per heavy atom. The average Bonchev–Trinajstić information content (AvgIpc) is 3.22. The molecule has 1 aromatic rings. The van der Waals surface area contributed by atoms with Crippen LogP contribution >= 0.6 is 24.0 Å². The Bertz CT molecular complexity index is 440. The van der Waals surface area contributed by atoms with Crippen LogP contribution in [0.4, 0.5) is 0 Å². The van der Waals surface area contributed by atoms with Crippen LogP contribution in [0.15, 0.2) is 17.3 Å². The van der Waals surface area contributed by atoms with Gasteiger partial charge >= 0.3 is 0 Å². The van der Waals surface area contributed by atoms with Crippen LogP contribution in [-0.4, -0.2) is 53.4 Å². The first kappa shape index (κ1) is 18.2. The molecule has 0 aromatic carbocycles. The van der Waals surface area contributed by atoms with Gasteiger partial charge in [-0.25, -0.2) is 0 Å². The molecule has 2 N–H and O–H groups in total. The van der Waals surface area contributed by atoms with Gasteiger partial charge in [-0.15, -0.1) is 24.0 Å². The quantitative estimate of drug-likeness (QED) is 0.406. The summed E-state index contributed by atoms with van der Waals surface area (Å²) >= 11 is 0. The number of halogens is 1.